The third kappa shape index (κ3) is 7.72. The first-order valence-corrected chi connectivity index (χ1v) is 12.5. The fourth-order valence-corrected chi connectivity index (χ4v) is 4.44. The molecule has 1 atom stereocenters. The number of pyridine rings is 1. The van der Waals surface area contributed by atoms with Crippen molar-refractivity contribution in [3.8, 4) is 0 Å². The second-order valence-corrected chi connectivity index (χ2v) is 9.49. The van der Waals surface area contributed by atoms with Gasteiger partial charge in [0.15, 0.2) is 0 Å². The number of thiol groups is 1. The van der Waals surface area contributed by atoms with Crippen molar-refractivity contribution in [2.24, 2.45) is 5.92 Å². The summed E-state index contributed by atoms with van der Waals surface area (Å²) < 4.78 is 6.23. The average molecular weight is 536 g/mol. The number of ether oxygens (including phenoxy) is 1. The standard InChI is InChI=1S/C18H26N4O3.C6H5BrS/c1-2-25-18(24)16-11-20-12-17(23)22(16)13-14-5-9-21(10-6-14)15-3-7-19-8-4-15;7-5-1-3-6(8)4-2-5/h3-4,7-8,14,16,20H,2,5-6,9-13H2,1H3;1-4,8H. The summed E-state index contributed by atoms with van der Waals surface area (Å²) in [6, 6.07) is 11.3. The number of amides is 1. The molecule has 0 bridgehead atoms. The van der Waals surface area contributed by atoms with Crippen molar-refractivity contribution in [3.05, 3.63) is 53.3 Å². The van der Waals surface area contributed by atoms with Crippen LogP contribution in [0.15, 0.2) is 58.2 Å². The van der Waals surface area contributed by atoms with Crippen LogP contribution in [0.2, 0.25) is 0 Å². The Balaban J connectivity index is 0.000000323. The second kappa shape index (κ2) is 13.0. The van der Waals surface area contributed by atoms with Gasteiger partial charge in [-0.25, -0.2) is 4.79 Å². The molecule has 0 radical (unpaired) electrons. The third-order valence-electron chi connectivity index (χ3n) is 5.79. The Kier molecular flexibility index (Phi) is 10.0. The molecule has 3 heterocycles. The van der Waals surface area contributed by atoms with Crippen molar-refractivity contribution in [1.29, 1.82) is 0 Å². The van der Waals surface area contributed by atoms with Crippen LogP contribution in [0, 0.1) is 5.92 Å². The first kappa shape index (κ1) is 25.5. The molecule has 1 aromatic heterocycles. The number of rotatable bonds is 5. The number of carbonyl (C=O) groups is 2. The Bertz CT molecular complexity index is 871. The van der Waals surface area contributed by atoms with Crippen molar-refractivity contribution < 1.29 is 14.3 Å². The number of aromatic nitrogens is 1. The summed E-state index contributed by atoms with van der Waals surface area (Å²) in [5, 5.41) is 3.01. The Morgan fingerprint density at radius 1 is 1.18 bits per heavy atom. The molecule has 2 saturated heterocycles. The maximum Gasteiger partial charge on any atom is 0.330 e. The summed E-state index contributed by atoms with van der Waals surface area (Å²) in [4.78, 5) is 33.6. The van der Waals surface area contributed by atoms with Crippen LogP contribution >= 0.6 is 28.6 Å². The average Bonchev–Trinajstić information content (AvgIpc) is 2.84. The van der Waals surface area contributed by atoms with Crippen LogP contribution in [0.5, 0.6) is 0 Å². The van der Waals surface area contributed by atoms with Crippen molar-refractivity contribution in [2.75, 3.05) is 44.2 Å². The molecule has 4 rings (SSSR count). The summed E-state index contributed by atoms with van der Waals surface area (Å²) in [5.41, 5.74) is 1.19. The molecule has 2 aliphatic rings. The largest absolute Gasteiger partial charge is 0.464 e. The molecule has 2 aliphatic heterocycles. The fourth-order valence-electron chi connectivity index (χ4n) is 4.03. The van der Waals surface area contributed by atoms with E-state index in [0.29, 0.717) is 32.2 Å². The zero-order chi connectivity index (χ0) is 23.6. The third-order valence-corrected chi connectivity index (χ3v) is 6.62. The number of benzene rings is 1. The van der Waals surface area contributed by atoms with Gasteiger partial charge >= 0.3 is 5.97 Å². The number of nitrogens with zero attached hydrogens (tertiary/aromatic N) is 3. The molecule has 9 heteroatoms. The Labute approximate surface area is 209 Å². The number of piperazine rings is 1. The van der Waals surface area contributed by atoms with Crippen LogP contribution in [0.1, 0.15) is 19.8 Å². The summed E-state index contributed by atoms with van der Waals surface area (Å²) in [6.45, 7) is 5.44. The van der Waals surface area contributed by atoms with E-state index in [1.807, 2.05) is 48.8 Å². The van der Waals surface area contributed by atoms with E-state index in [9.17, 15) is 9.59 Å². The fraction of sp³-hybridized carbons (Fsp3) is 0.458. The Morgan fingerprint density at radius 3 is 2.45 bits per heavy atom. The van der Waals surface area contributed by atoms with Crippen molar-refractivity contribution in [1.82, 2.24) is 15.2 Å². The van der Waals surface area contributed by atoms with E-state index < -0.39 is 6.04 Å². The normalized spacial score (nSPS) is 19.0. The van der Waals surface area contributed by atoms with Gasteiger partial charge in [-0.1, -0.05) is 15.9 Å². The van der Waals surface area contributed by atoms with Gasteiger partial charge in [0.2, 0.25) is 5.91 Å². The molecular weight excluding hydrogens is 504 g/mol. The quantitative estimate of drug-likeness (QED) is 0.452. The number of nitrogens with one attached hydrogen (secondary N) is 1. The predicted molar refractivity (Wildman–Crippen MR) is 136 cm³/mol. The van der Waals surface area contributed by atoms with Crippen LogP contribution < -0.4 is 10.2 Å². The summed E-state index contributed by atoms with van der Waals surface area (Å²) in [6.07, 6.45) is 5.64. The van der Waals surface area contributed by atoms with E-state index in [0.717, 1.165) is 35.3 Å². The molecular formula is C24H31BrN4O3S. The lowest BCUT2D eigenvalue weighted by molar-refractivity contribution is -0.157. The van der Waals surface area contributed by atoms with Crippen LogP contribution in [-0.2, 0) is 14.3 Å². The minimum atomic E-state index is -0.501. The van der Waals surface area contributed by atoms with Gasteiger partial charge in [0.05, 0.1) is 13.2 Å². The second-order valence-electron chi connectivity index (χ2n) is 8.06. The molecule has 1 amide bonds. The number of hydrogen-bond acceptors (Lipinski definition) is 7. The topological polar surface area (TPSA) is 74.8 Å². The van der Waals surface area contributed by atoms with Crippen molar-refractivity contribution in [2.45, 2.75) is 30.7 Å². The summed E-state index contributed by atoms with van der Waals surface area (Å²) in [7, 11) is 0. The van der Waals surface area contributed by atoms with Crippen molar-refractivity contribution >= 4 is 46.1 Å². The van der Waals surface area contributed by atoms with E-state index >= 15 is 0 Å². The molecule has 1 unspecified atom stereocenters. The first-order chi connectivity index (χ1) is 16.0. The molecule has 2 fully saturated rings. The predicted octanol–water partition coefficient (Wildman–Crippen LogP) is 3.40. The summed E-state index contributed by atoms with van der Waals surface area (Å²) in [5.74, 6) is 0.0928. The zero-order valence-electron chi connectivity index (χ0n) is 18.8. The molecule has 1 aromatic carbocycles. The first-order valence-electron chi connectivity index (χ1n) is 11.2. The zero-order valence-corrected chi connectivity index (χ0v) is 21.3. The van der Waals surface area contributed by atoms with Gasteiger partial charge in [-0.2, -0.15) is 0 Å². The van der Waals surface area contributed by atoms with Crippen LogP contribution in [0.4, 0.5) is 5.69 Å². The molecule has 0 saturated carbocycles. The molecule has 178 valence electrons. The van der Waals surface area contributed by atoms with E-state index in [4.69, 9.17) is 4.74 Å². The highest BCUT2D eigenvalue weighted by Crippen LogP contribution is 2.24. The highest BCUT2D eigenvalue weighted by atomic mass is 79.9. The Hall–Kier alpha value is -2.10. The van der Waals surface area contributed by atoms with Crippen molar-refractivity contribution in [3.63, 3.8) is 0 Å². The highest BCUT2D eigenvalue weighted by Gasteiger charge is 2.36. The van der Waals surface area contributed by atoms with E-state index in [1.165, 1.54) is 5.69 Å². The van der Waals surface area contributed by atoms with Gasteiger partial charge in [0, 0.05) is 53.6 Å². The maximum atomic E-state index is 12.3. The van der Waals surface area contributed by atoms with E-state index in [1.54, 1.807) is 11.8 Å². The Morgan fingerprint density at radius 2 is 1.85 bits per heavy atom. The van der Waals surface area contributed by atoms with Gasteiger partial charge in [0.1, 0.15) is 6.04 Å². The van der Waals surface area contributed by atoms with Gasteiger partial charge < -0.3 is 19.9 Å². The van der Waals surface area contributed by atoms with Gasteiger partial charge in [-0.05, 0) is 62.1 Å². The number of anilines is 1. The van der Waals surface area contributed by atoms with Gasteiger partial charge in [-0.3, -0.25) is 9.78 Å². The van der Waals surface area contributed by atoms with E-state index in [-0.39, 0.29) is 11.9 Å². The molecule has 2 aromatic rings. The number of hydrogen-bond donors (Lipinski definition) is 2. The van der Waals surface area contributed by atoms with Crippen LogP contribution in [0.25, 0.3) is 0 Å². The number of esters is 1. The molecule has 33 heavy (non-hydrogen) atoms. The SMILES string of the molecule is CCOC(=O)C1CNCC(=O)N1CC1CCN(c2ccncc2)CC1.Sc1ccc(Br)cc1. The molecule has 0 aliphatic carbocycles. The lowest BCUT2D eigenvalue weighted by atomic mass is 9.94. The highest BCUT2D eigenvalue weighted by molar-refractivity contribution is 9.10. The van der Waals surface area contributed by atoms with Crippen LogP contribution in [-0.4, -0.2) is 67.1 Å². The maximum absolute atomic E-state index is 12.3. The lowest BCUT2D eigenvalue weighted by Crippen LogP contribution is -2.59. The minimum absolute atomic E-state index is 0.0131. The monoisotopic (exact) mass is 534 g/mol. The molecule has 1 N–H and O–H groups in total. The minimum Gasteiger partial charge on any atom is -0.464 e. The summed E-state index contributed by atoms with van der Waals surface area (Å²) >= 11 is 7.42. The van der Waals surface area contributed by atoms with Gasteiger partial charge in [0.25, 0.3) is 0 Å². The molecule has 7 nitrogen and oxygen atoms in total. The molecule has 0 spiro atoms. The number of piperidine rings is 1. The van der Waals surface area contributed by atoms with Gasteiger partial charge in [-0.15, -0.1) is 12.6 Å². The number of carbonyl (C=O) groups excluding carboxylic acids is 2. The number of halogens is 1. The lowest BCUT2D eigenvalue weighted by Gasteiger charge is -2.39. The van der Waals surface area contributed by atoms with Crippen LogP contribution in [0.3, 0.4) is 0 Å². The van der Waals surface area contributed by atoms with E-state index in [2.05, 4.69) is 43.8 Å². The smallest absolute Gasteiger partial charge is 0.330 e.